The Kier molecular flexibility index (Phi) is 5.09. The molecule has 1 atom stereocenters. The van der Waals surface area contributed by atoms with Gasteiger partial charge in [-0.3, -0.25) is 0 Å². The maximum absolute atomic E-state index is 14.0. The van der Waals surface area contributed by atoms with Crippen LogP contribution < -0.4 is 10.1 Å². The van der Waals surface area contributed by atoms with Gasteiger partial charge in [0.1, 0.15) is 18.7 Å². The van der Waals surface area contributed by atoms with Gasteiger partial charge in [0.25, 0.3) is 0 Å². The lowest BCUT2D eigenvalue weighted by Gasteiger charge is -2.16. The van der Waals surface area contributed by atoms with E-state index in [0.717, 1.165) is 5.75 Å². The number of hydrogen-bond acceptors (Lipinski definition) is 4. The van der Waals surface area contributed by atoms with E-state index in [-0.39, 0.29) is 17.7 Å². The molecule has 0 aliphatic carbocycles. The lowest BCUT2D eigenvalue weighted by atomic mass is 10.2. The van der Waals surface area contributed by atoms with Gasteiger partial charge >= 0.3 is 0 Å². The summed E-state index contributed by atoms with van der Waals surface area (Å²) in [5.41, 5.74) is 1.60. The molecule has 21 heavy (non-hydrogen) atoms. The summed E-state index contributed by atoms with van der Waals surface area (Å²) >= 11 is 0. The summed E-state index contributed by atoms with van der Waals surface area (Å²) in [5, 5.41) is 3.02. The van der Waals surface area contributed by atoms with E-state index in [1.165, 1.54) is 11.9 Å². The van der Waals surface area contributed by atoms with Gasteiger partial charge in [-0.2, -0.15) is 0 Å². The van der Waals surface area contributed by atoms with E-state index in [9.17, 15) is 4.39 Å². The Labute approximate surface area is 124 Å². The highest BCUT2D eigenvalue weighted by Crippen LogP contribution is 2.15. The first kappa shape index (κ1) is 15.2. The van der Waals surface area contributed by atoms with Crippen LogP contribution in [0.2, 0.25) is 0 Å². The topological polar surface area (TPSA) is 47.0 Å². The highest BCUT2D eigenvalue weighted by atomic mass is 19.1. The van der Waals surface area contributed by atoms with Gasteiger partial charge in [-0.15, -0.1) is 0 Å². The van der Waals surface area contributed by atoms with Gasteiger partial charge in [0.05, 0.1) is 11.7 Å². The maximum atomic E-state index is 14.0. The third-order valence-corrected chi connectivity index (χ3v) is 3.10. The Morgan fingerprint density at radius 3 is 2.62 bits per heavy atom. The molecule has 0 saturated carbocycles. The smallest absolute Gasteiger partial charge is 0.186 e. The molecule has 112 valence electrons. The average Bonchev–Trinajstić information content (AvgIpc) is 2.49. The highest BCUT2D eigenvalue weighted by molar-refractivity contribution is 5.38. The molecule has 0 radical (unpaired) electrons. The Morgan fingerprint density at radius 2 is 1.95 bits per heavy atom. The molecule has 1 aromatic heterocycles. The van der Waals surface area contributed by atoms with E-state index in [4.69, 9.17) is 4.74 Å². The van der Waals surface area contributed by atoms with Gasteiger partial charge in [0.2, 0.25) is 0 Å². The van der Waals surface area contributed by atoms with Crippen LogP contribution in [0, 0.1) is 12.7 Å². The number of rotatable bonds is 6. The largest absolute Gasteiger partial charge is 0.491 e. The SMILES string of the molecule is CCc1ncnc(NC(C)COc2ccc(C)cc2)c1F. The monoisotopic (exact) mass is 289 g/mol. The van der Waals surface area contributed by atoms with Crippen molar-refractivity contribution in [3.63, 3.8) is 0 Å². The molecule has 0 fully saturated rings. The van der Waals surface area contributed by atoms with Crippen molar-refractivity contribution in [2.75, 3.05) is 11.9 Å². The molecule has 1 N–H and O–H groups in total. The Morgan fingerprint density at radius 1 is 1.24 bits per heavy atom. The molecule has 2 aromatic rings. The Hall–Kier alpha value is -2.17. The molecule has 0 bridgehead atoms. The fourth-order valence-electron chi connectivity index (χ4n) is 1.88. The number of hydrogen-bond donors (Lipinski definition) is 1. The highest BCUT2D eigenvalue weighted by Gasteiger charge is 2.12. The van der Waals surface area contributed by atoms with Crippen LogP contribution in [0.25, 0.3) is 0 Å². The zero-order chi connectivity index (χ0) is 15.2. The van der Waals surface area contributed by atoms with Crippen LogP contribution in [-0.2, 0) is 6.42 Å². The Balaban J connectivity index is 1.92. The summed E-state index contributed by atoms with van der Waals surface area (Å²) in [6, 6.07) is 7.75. The lowest BCUT2D eigenvalue weighted by Crippen LogP contribution is -2.25. The zero-order valence-electron chi connectivity index (χ0n) is 12.6. The molecule has 4 nitrogen and oxygen atoms in total. The molecule has 1 unspecified atom stereocenters. The van der Waals surface area contributed by atoms with E-state index in [2.05, 4.69) is 15.3 Å². The summed E-state index contributed by atoms with van der Waals surface area (Å²) in [6.07, 6.45) is 1.91. The zero-order valence-corrected chi connectivity index (χ0v) is 12.6. The van der Waals surface area contributed by atoms with Gasteiger partial charge in [-0.1, -0.05) is 24.6 Å². The van der Waals surface area contributed by atoms with Crippen LogP contribution in [0.3, 0.4) is 0 Å². The van der Waals surface area contributed by atoms with Gasteiger partial charge in [0, 0.05) is 0 Å². The predicted molar refractivity (Wildman–Crippen MR) is 81.1 cm³/mol. The van der Waals surface area contributed by atoms with Crippen LogP contribution in [0.5, 0.6) is 5.75 Å². The average molecular weight is 289 g/mol. The Bertz CT molecular complexity index is 587. The fourth-order valence-corrected chi connectivity index (χ4v) is 1.88. The molecule has 0 aliphatic rings. The third-order valence-electron chi connectivity index (χ3n) is 3.10. The quantitative estimate of drug-likeness (QED) is 0.885. The van der Waals surface area contributed by atoms with Gasteiger partial charge in [0.15, 0.2) is 11.6 Å². The van der Waals surface area contributed by atoms with Crippen molar-refractivity contribution < 1.29 is 9.13 Å². The molecule has 0 saturated heterocycles. The van der Waals surface area contributed by atoms with Gasteiger partial charge in [-0.05, 0) is 32.4 Å². The standard InChI is InChI=1S/C16H20FN3O/c1-4-14-15(17)16(19-10-18-14)20-12(3)9-21-13-7-5-11(2)6-8-13/h5-8,10,12H,4,9H2,1-3H3,(H,18,19,20). The van der Waals surface area contributed by atoms with Crippen molar-refractivity contribution in [1.82, 2.24) is 9.97 Å². The van der Waals surface area contributed by atoms with E-state index >= 15 is 0 Å². The first-order chi connectivity index (χ1) is 10.1. The maximum Gasteiger partial charge on any atom is 0.186 e. The van der Waals surface area contributed by atoms with Crippen molar-refractivity contribution in [2.24, 2.45) is 0 Å². The first-order valence-electron chi connectivity index (χ1n) is 7.05. The summed E-state index contributed by atoms with van der Waals surface area (Å²) < 4.78 is 19.7. The van der Waals surface area contributed by atoms with Crippen LogP contribution in [0.4, 0.5) is 10.2 Å². The third kappa shape index (κ3) is 4.15. The van der Waals surface area contributed by atoms with Gasteiger partial charge < -0.3 is 10.1 Å². The number of ether oxygens (including phenoxy) is 1. The number of halogens is 1. The number of aromatic nitrogens is 2. The molecular formula is C16H20FN3O. The van der Waals surface area contributed by atoms with Crippen molar-refractivity contribution in [3.05, 3.63) is 47.7 Å². The molecule has 1 heterocycles. The van der Waals surface area contributed by atoms with E-state index in [1.807, 2.05) is 45.0 Å². The second-order valence-corrected chi connectivity index (χ2v) is 5.01. The van der Waals surface area contributed by atoms with Crippen molar-refractivity contribution in [3.8, 4) is 5.75 Å². The van der Waals surface area contributed by atoms with Crippen LogP contribution in [-0.4, -0.2) is 22.6 Å². The normalized spacial score (nSPS) is 12.0. The minimum atomic E-state index is -0.387. The molecule has 2 rings (SSSR count). The number of benzene rings is 1. The number of aryl methyl sites for hydroxylation is 2. The van der Waals surface area contributed by atoms with E-state index < -0.39 is 0 Å². The van der Waals surface area contributed by atoms with Crippen molar-refractivity contribution in [1.29, 1.82) is 0 Å². The van der Waals surface area contributed by atoms with Crippen LogP contribution >= 0.6 is 0 Å². The predicted octanol–water partition coefficient (Wildman–Crippen LogP) is 3.37. The molecular weight excluding hydrogens is 269 g/mol. The molecule has 5 heteroatoms. The van der Waals surface area contributed by atoms with Crippen LogP contribution in [0.15, 0.2) is 30.6 Å². The molecule has 0 spiro atoms. The molecule has 1 aromatic carbocycles. The second kappa shape index (κ2) is 7.02. The molecule has 0 aliphatic heterocycles. The fraction of sp³-hybridized carbons (Fsp3) is 0.375. The molecule has 0 amide bonds. The summed E-state index contributed by atoms with van der Waals surface area (Å²) in [5.74, 6) is 0.635. The van der Waals surface area contributed by atoms with E-state index in [1.54, 1.807) is 0 Å². The first-order valence-corrected chi connectivity index (χ1v) is 7.05. The van der Waals surface area contributed by atoms with Gasteiger partial charge in [-0.25, -0.2) is 14.4 Å². The summed E-state index contributed by atoms with van der Waals surface area (Å²) in [7, 11) is 0. The second-order valence-electron chi connectivity index (χ2n) is 5.01. The summed E-state index contributed by atoms with van der Waals surface area (Å²) in [4.78, 5) is 7.85. The lowest BCUT2D eigenvalue weighted by molar-refractivity contribution is 0.303. The van der Waals surface area contributed by atoms with Crippen molar-refractivity contribution in [2.45, 2.75) is 33.2 Å². The summed E-state index contributed by atoms with van der Waals surface area (Å²) in [6.45, 7) is 6.23. The minimum absolute atomic E-state index is 0.0691. The minimum Gasteiger partial charge on any atom is -0.491 e. The van der Waals surface area contributed by atoms with Crippen molar-refractivity contribution >= 4 is 5.82 Å². The van der Waals surface area contributed by atoms with E-state index in [0.29, 0.717) is 18.7 Å². The number of nitrogens with one attached hydrogen (secondary N) is 1. The number of anilines is 1. The van der Waals surface area contributed by atoms with Crippen LogP contribution in [0.1, 0.15) is 25.1 Å². The number of nitrogens with zero attached hydrogens (tertiary/aromatic N) is 2.